The van der Waals surface area contributed by atoms with Crippen LogP contribution in [0.2, 0.25) is 0 Å². The van der Waals surface area contributed by atoms with E-state index in [0.717, 1.165) is 0 Å². The number of carbonyl (C=O) groups excluding carboxylic acids is 1. The molecule has 1 fully saturated rings. The van der Waals surface area contributed by atoms with Gasteiger partial charge in [-0.2, -0.15) is 17.6 Å². The van der Waals surface area contributed by atoms with Crippen molar-refractivity contribution in [2.45, 2.75) is 43.7 Å². The van der Waals surface area contributed by atoms with Gasteiger partial charge in [0.2, 0.25) is 0 Å². The fourth-order valence-electron chi connectivity index (χ4n) is 1.46. The van der Waals surface area contributed by atoms with Gasteiger partial charge in [0, 0.05) is 0 Å². The first-order chi connectivity index (χ1) is 9.29. The van der Waals surface area contributed by atoms with Crippen molar-refractivity contribution < 1.29 is 36.6 Å². The smallest absolute Gasteiger partial charge is 0.363 e. The monoisotopic (exact) mass is 380 g/mol. The van der Waals surface area contributed by atoms with Gasteiger partial charge in [-0.05, 0) is 36.7 Å². The summed E-state index contributed by atoms with van der Waals surface area (Å²) in [5.74, 6) is -5.98. The lowest BCUT2D eigenvalue weighted by molar-refractivity contribution is -0.281. The van der Waals surface area contributed by atoms with Crippen LogP contribution in [0.1, 0.15) is 27.2 Å². The van der Waals surface area contributed by atoms with Gasteiger partial charge in [-0.1, -0.05) is 0 Å². The molecule has 1 rings (SSSR count). The average molecular weight is 381 g/mol. The standard InChI is InChI=1S/C12H17BrF4O4/c1-9(2)20-6-10(3,7-21-9)8(18)19-5-4-11(14,15)12(13,16)17/h4-7H2,1-3H3. The van der Waals surface area contributed by atoms with E-state index in [9.17, 15) is 22.4 Å². The van der Waals surface area contributed by atoms with E-state index in [-0.39, 0.29) is 13.2 Å². The summed E-state index contributed by atoms with van der Waals surface area (Å²) in [7, 11) is 0. The predicted molar refractivity (Wildman–Crippen MR) is 68.5 cm³/mol. The van der Waals surface area contributed by atoms with Crippen LogP contribution in [-0.2, 0) is 19.0 Å². The summed E-state index contributed by atoms with van der Waals surface area (Å²) in [5.41, 5.74) is -1.15. The quantitative estimate of drug-likeness (QED) is 0.416. The Hall–Kier alpha value is -0.410. The lowest BCUT2D eigenvalue weighted by Crippen LogP contribution is -2.49. The minimum atomic E-state index is -4.35. The van der Waals surface area contributed by atoms with Gasteiger partial charge in [0.05, 0.1) is 26.2 Å². The Balaban J connectivity index is 2.48. The van der Waals surface area contributed by atoms with Gasteiger partial charge >= 0.3 is 16.7 Å². The molecule has 0 aliphatic carbocycles. The first-order valence-corrected chi connectivity index (χ1v) is 6.98. The van der Waals surface area contributed by atoms with Crippen molar-refractivity contribution in [3.05, 3.63) is 0 Å². The van der Waals surface area contributed by atoms with Crippen LogP contribution in [0.25, 0.3) is 0 Å². The molecule has 0 amide bonds. The highest BCUT2D eigenvalue weighted by Gasteiger charge is 2.54. The number of alkyl halides is 5. The maximum Gasteiger partial charge on any atom is 0.363 e. The molecule has 0 aromatic carbocycles. The summed E-state index contributed by atoms with van der Waals surface area (Å²) in [6.07, 6.45) is -1.29. The number of esters is 1. The Kier molecular flexibility index (Phi) is 5.33. The number of carbonyl (C=O) groups is 1. The molecular formula is C12H17BrF4O4. The van der Waals surface area contributed by atoms with E-state index in [2.05, 4.69) is 4.74 Å². The third kappa shape index (κ3) is 4.79. The van der Waals surface area contributed by atoms with E-state index < -0.39 is 41.0 Å². The van der Waals surface area contributed by atoms with Crippen molar-refractivity contribution in [2.24, 2.45) is 5.41 Å². The van der Waals surface area contributed by atoms with Gasteiger partial charge < -0.3 is 14.2 Å². The Morgan fingerprint density at radius 2 is 1.67 bits per heavy atom. The second-order valence-corrected chi connectivity index (χ2v) is 6.62. The molecule has 0 N–H and O–H groups in total. The maximum absolute atomic E-state index is 13.0. The van der Waals surface area contributed by atoms with Crippen molar-refractivity contribution in [3.8, 4) is 0 Å². The van der Waals surface area contributed by atoms with Crippen molar-refractivity contribution >= 4 is 21.9 Å². The van der Waals surface area contributed by atoms with Gasteiger partial charge in [-0.3, -0.25) is 4.79 Å². The normalized spacial score (nSPS) is 21.9. The summed E-state index contributed by atoms with van der Waals surface area (Å²) in [6, 6.07) is 0. The Bertz CT molecular complexity index is 385. The van der Waals surface area contributed by atoms with Gasteiger partial charge in [-0.25, -0.2) is 0 Å². The number of rotatable bonds is 5. The highest BCUT2D eigenvalue weighted by atomic mass is 79.9. The fourth-order valence-corrected chi connectivity index (χ4v) is 1.65. The van der Waals surface area contributed by atoms with Crippen LogP contribution < -0.4 is 0 Å². The molecule has 0 radical (unpaired) electrons. The van der Waals surface area contributed by atoms with Gasteiger partial charge in [0.15, 0.2) is 5.79 Å². The van der Waals surface area contributed by atoms with Crippen LogP contribution >= 0.6 is 15.9 Å². The molecule has 9 heteroatoms. The van der Waals surface area contributed by atoms with Crippen LogP contribution in [-0.4, -0.2) is 42.3 Å². The van der Waals surface area contributed by atoms with Crippen molar-refractivity contribution in [2.75, 3.05) is 19.8 Å². The van der Waals surface area contributed by atoms with Gasteiger partial charge in [0.25, 0.3) is 0 Å². The minimum Gasteiger partial charge on any atom is -0.465 e. The number of hydrogen-bond acceptors (Lipinski definition) is 4. The highest BCUT2D eigenvalue weighted by Crippen LogP contribution is 2.41. The molecule has 4 nitrogen and oxygen atoms in total. The van der Waals surface area contributed by atoms with E-state index >= 15 is 0 Å². The molecule has 21 heavy (non-hydrogen) atoms. The molecule has 124 valence electrons. The third-order valence-corrected chi connectivity index (χ3v) is 3.61. The van der Waals surface area contributed by atoms with Crippen molar-refractivity contribution in [3.63, 3.8) is 0 Å². The first-order valence-electron chi connectivity index (χ1n) is 6.19. The molecule has 1 saturated heterocycles. The van der Waals surface area contributed by atoms with E-state index in [1.165, 1.54) is 6.92 Å². The second-order valence-electron chi connectivity index (χ2n) is 5.63. The molecule has 0 unspecified atom stereocenters. The van der Waals surface area contributed by atoms with E-state index in [0.29, 0.717) is 0 Å². The maximum atomic E-state index is 13.0. The van der Waals surface area contributed by atoms with Crippen LogP contribution in [0.4, 0.5) is 17.6 Å². The summed E-state index contributed by atoms with van der Waals surface area (Å²) in [5, 5.41) is 0. The van der Waals surface area contributed by atoms with E-state index in [1.54, 1.807) is 29.8 Å². The Labute approximate surface area is 128 Å². The zero-order valence-electron chi connectivity index (χ0n) is 11.9. The fraction of sp³-hybridized carbons (Fsp3) is 0.917. The molecule has 0 saturated carbocycles. The largest absolute Gasteiger partial charge is 0.465 e. The number of hydrogen-bond donors (Lipinski definition) is 0. The van der Waals surface area contributed by atoms with Gasteiger partial charge in [0.1, 0.15) is 5.41 Å². The Morgan fingerprint density at radius 3 is 2.10 bits per heavy atom. The molecule has 1 aliphatic heterocycles. The Morgan fingerprint density at radius 1 is 1.19 bits per heavy atom. The summed E-state index contributed by atoms with van der Waals surface area (Å²) in [6.45, 7) is 3.97. The van der Waals surface area contributed by atoms with E-state index in [1.807, 2.05) is 0 Å². The molecular weight excluding hydrogens is 364 g/mol. The molecule has 1 aliphatic rings. The summed E-state index contributed by atoms with van der Waals surface area (Å²) in [4.78, 5) is 7.49. The summed E-state index contributed by atoms with van der Waals surface area (Å²) >= 11 is 1.60. The second kappa shape index (κ2) is 6.00. The number of halogens is 5. The van der Waals surface area contributed by atoms with Crippen LogP contribution in [0.15, 0.2) is 0 Å². The summed E-state index contributed by atoms with van der Waals surface area (Å²) < 4.78 is 66.3. The first kappa shape index (κ1) is 18.6. The molecule has 0 atom stereocenters. The van der Waals surface area contributed by atoms with Crippen molar-refractivity contribution in [1.29, 1.82) is 0 Å². The molecule has 0 aromatic rings. The predicted octanol–water partition coefficient (Wildman–Crippen LogP) is 3.33. The average Bonchev–Trinajstić information content (AvgIpc) is 2.31. The lowest BCUT2D eigenvalue weighted by atomic mass is 9.92. The third-order valence-electron chi connectivity index (χ3n) is 3.03. The van der Waals surface area contributed by atoms with Crippen LogP contribution in [0.3, 0.4) is 0 Å². The van der Waals surface area contributed by atoms with Crippen LogP contribution in [0.5, 0.6) is 0 Å². The molecule has 0 bridgehead atoms. The lowest BCUT2D eigenvalue weighted by Gasteiger charge is -2.39. The molecule has 0 spiro atoms. The van der Waals surface area contributed by atoms with E-state index in [4.69, 9.17) is 9.47 Å². The highest BCUT2D eigenvalue weighted by molar-refractivity contribution is 9.10. The van der Waals surface area contributed by atoms with Crippen LogP contribution in [0, 0.1) is 5.41 Å². The van der Waals surface area contributed by atoms with Gasteiger partial charge in [-0.15, -0.1) is 0 Å². The minimum absolute atomic E-state index is 0.0101. The number of ether oxygens (including phenoxy) is 3. The topological polar surface area (TPSA) is 44.8 Å². The molecule has 1 heterocycles. The SMILES string of the molecule is CC1(C)OCC(C)(C(=O)OCCC(F)(F)C(F)(F)Br)CO1. The molecule has 0 aromatic heterocycles. The van der Waals surface area contributed by atoms with Crippen molar-refractivity contribution in [1.82, 2.24) is 0 Å². The zero-order valence-corrected chi connectivity index (χ0v) is 13.4. The zero-order chi connectivity index (χ0) is 16.5.